The van der Waals surface area contributed by atoms with Gasteiger partial charge in [0.15, 0.2) is 5.75 Å². The van der Waals surface area contributed by atoms with Crippen LogP contribution in [0, 0.1) is 6.92 Å². The molecule has 1 aromatic carbocycles. The maximum Gasteiger partial charge on any atom is 0.163 e. The minimum Gasteiger partial charge on any atom is -0.493 e. The lowest BCUT2D eigenvalue weighted by atomic mass is 10.0. The van der Waals surface area contributed by atoms with Crippen molar-refractivity contribution in [2.75, 3.05) is 7.11 Å². The number of aromatic nitrogens is 2. The Balaban J connectivity index is 2.52. The first kappa shape index (κ1) is 13.6. The quantitative estimate of drug-likeness (QED) is 0.919. The molecule has 1 unspecified atom stereocenters. The van der Waals surface area contributed by atoms with Crippen molar-refractivity contribution in [2.45, 2.75) is 32.9 Å². The van der Waals surface area contributed by atoms with Crippen molar-refractivity contribution in [3.63, 3.8) is 0 Å². The molecule has 1 aromatic heterocycles. The number of aryl methyl sites for hydroxylation is 1. The van der Waals surface area contributed by atoms with Gasteiger partial charge in [0.05, 0.1) is 13.3 Å². The Bertz CT molecular complexity index is 561. The Morgan fingerprint density at radius 1 is 1.26 bits per heavy atom. The van der Waals surface area contributed by atoms with Crippen LogP contribution in [0.1, 0.15) is 42.8 Å². The molecule has 4 heteroatoms. The summed E-state index contributed by atoms with van der Waals surface area (Å²) in [6, 6.07) is 7.96. The van der Waals surface area contributed by atoms with Gasteiger partial charge < -0.3 is 9.84 Å². The fourth-order valence-corrected chi connectivity index (χ4v) is 2.23. The predicted molar refractivity (Wildman–Crippen MR) is 74.4 cm³/mol. The highest BCUT2D eigenvalue weighted by Crippen LogP contribution is 2.32. The fourth-order valence-electron chi connectivity index (χ4n) is 2.23. The van der Waals surface area contributed by atoms with E-state index in [1.807, 2.05) is 45.0 Å². The molecule has 0 aliphatic carbocycles. The van der Waals surface area contributed by atoms with Crippen LogP contribution in [0.2, 0.25) is 0 Å². The van der Waals surface area contributed by atoms with Gasteiger partial charge in [-0.1, -0.05) is 24.3 Å². The van der Waals surface area contributed by atoms with Gasteiger partial charge in [-0.3, -0.25) is 4.68 Å². The summed E-state index contributed by atoms with van der Waals surface area (Å²) in [5, 5.41) is 15.0. The summed E-state index contributed by atoms with van der Waals surface area (Å²) in [5.74, 6) is 0.615. The summed E-state index contributed by atoms with van der Waals surface area (Å²) in [6.45, 7) is 6.04. The second-order valence-electron chi connectivity index (χ2n) is 4.90. The van der Waals surface area contributed by atoms with E-state index < -0.39 is 6.10 Å². The zero-order valence-corrected chi connectivity index (χ0v) is 11.8. The number of rotatable bonds is 4. The highest BCUT2D eigenvalue weighted by atomic mass is 16.5. The zero-order valence-electron chi connectivity index (χ0n) is 11.8. The van der Waals surface area contributed by atoms with E-state index in [1.54, 1.807) is 18.0 Å². The van der Waals surface area contributed by atoms with Crippen LogP contribution in [-0.2, 0) is 0 Å². The van der Waals surface area contributed by atoms with Crippen molar-refractivity contribution >= 4 is 0 Å². The second-order valence-corrected chi connectivity index (χ2v) is 4.90. The van der Waals surface area contributed by atoms with E-state index >= 15 is 0 Å². The molecular weight excluding hydrogens is 240 g/mol. The van der Waals surface area contributed by atoms with Crippen LogP contribution >= 0.6 is 0 Å². The molecule has 0 saturated heterocycles. The molecular formula is C15H20N2O2. The summed E-state index contributed by atoms with van der Waals surface area (Å²) in [5.41, 5.74) is 2.63. The number of benzene rings is 1. The Kier molecular flexibility index (Phi) is 3.90. The van der Waals surface area contributed by atoms with E-state index in [2.05, 4.69) is 5.10 Å². The van der Waals surface area contributed by atoms with Crippen molar-refractivity contribution in [1.29, 1.82) is 0 Å². The number of ether oxygens (including phenoxy) is 1. The van der Waals surface area contributed by atoms with Crippen LogP contribution < -0.4 is 4.74 Å². The van der Waals surface area contributed by atoms with Crippen molar-refractivity contribution in [2.24, 2.45) is 0 Å². The largest absolute Gasteiger partial charge is 0.493 e. The van der Waals surface area contributed by atoms with Crippen molar-refractivity contribution in [1.82, 2.24) is 9.78 Å². The minimum atomic E-state index is -0.735. The Morgan fingerprint density at radius 2 is 1.95 bits per heavy atom. The van der Waals surface area contributed by atoms with Gasteiger partial charge in [0.2, 0.25) is 0 Å². The van der Waals surface area contributed by atoms with E-state index in [9.17, 15) is 5.11 Å². The molecule has 19 heavy (non-hydrogen) atoms. The lowest BCUT2D eigenvalue weighted by molar-refractivity contribution is 0.199. The van der Waals surface area contributed by atoms with Gasteiger partial charge in [0.1, 0.15) is 11.8 Å². The normalized spacial score (nSPS) is 12.7. The Morgan fingerprint density at radius 3 is 2.53 bits per heavy atom. The smallest absolute Gasteiger partial charge is 0.163 e. The monoisotopic (exact) mass is 260 g/mol. The van der Waals surface area contributed by atoms with Crippen LogP contribution in [0.3, 0.4) is 0 Å². The van der Waals surface area contributed by atoms with E-state index in [0.29, 0.717) is 11.4 Å². The van der Waals surface area contributed by atoms with Crippen molar-refractivity contribution in [3.8, 4) is 5.75 Å². The summed E-state index contributed by atoms with van der Waals surface area (Å²) in [4.78, 5) is 0. The maximum atomic E-state index is 10.7. The Labute approximate surface area is 113 Å². The average molecular weight is 260 g/mol. The van der Waals surface area contributed by atoms with Gasteiger partial charge in [-0.25, -0.2) is 0 Å². The summed E-state index contributed by atoms with van der Waals surface area (Å²) < 4.78 is 7.12. The zero-order chi connectivity index (χ0) is 14.0. The molecule has 0 bridgehead atoms. The first-order valence-corrected chi connectivity index (χ1v) is 6.41. The number of nitrogens with zero attached hydrogens (tertiary/aromatic N) is 2. The number of hydrogen-bond acceptors (Lipinski definition) is 3. The number of hydrogen-bond donors (Lipinski definition) is 1. The average Bonchev–Trinajstić information content (AvgIpc) is 2.82. The maximum absolute atomic E-state index is 10.7. The van der Waals surface area contributed by atoms with E-state index in [-0.39, 0.29) is 6.04 Å². The lowest BCUT2D eigenvalue weighted by Gasteiger charge is -2.18. The van der Waals surface area contributed by atoms with E-state index in [4.69, 9.17) is 4.74 Å². The summed E-state index contributed by atoms with van der Waals surface area (Å²) >= 11 is 0. The molecule has 2 aromatic rings. The molecule has 1 heterocycles. The molecule has 1 N–H and O–H groups in total. The molecule has 1 atom stereocenters. The first-order chi connectivity index (χ1) is 9.06. The third-order valence-electron chi connectivity index (χ3n) is 3.25. The highest BCUT2D eigenvalue weighted by molar-refractivity contribution is 5.38. The van der Waals surface area contributed by atoms with E-state index in [1.165, 1.54) is 0 Å². The van der Waals surface area contributed by atoms with Gasteiger partial charge >= 0.3 is 0 Å². The van der Waals surface area contributed by atoms with Crippen molar-refractivity contribution in [3.05, 3.63) is 47.3 Å². The van der Waals surface area contributed by atoms with E-state index in [0.717, 1.165) is 11.1 Å². The lowest BCUT2D eigenvalue weighted by Crippen LogP contribution is -2.13. The number of methoxy groups -OCH3 is 1. The molecule has 0 aliphatic heterocycles. The van der Waals surface area contributed by atoms with Crippen LogP contribution in [0.25, 0.3) is 0 Å². The molecule has 0 fully saturated rings. The summed E-state index contributed by atoms with van der Waals surface area (Å²) in [7, 11) is 1.59. The topological polar surface area (TPSA) is 47.3 Å². The number of aliphatic hydroxyl groups is 1. The van der Waals surface area contributed by atoms with Gasteiger partial charge in [0, 0.05) is 6.04 Å². The third-order valence-corrected chi connectivity index (χ3v) is 3.25. The predicted octanol–water partition coefficient (Wildman–Crippen LogP) is 2.86. The van der Waals surface area contributed by atoms with Crippen LogP contribution in [0.5, 0.6) is 5.75 Å². The Hall–Kier alpha value is -1.81. The fraction of sp³-hybridized carbons (Fsp3) is 0.400. The molecule has 0 spiro atoms. The third kappa shape index (κ3) is 2.49. The summed E-state index contributed by atoms with van der Waals surface area (Å²) in [6.07, 6.45) is 0.914. The SMILES string of the molecule is COc1cnn(C(C)C)c1C(O)c1ccccc1C. The van der Waals surface area contributed by atoms with Gasteiger partial charge in [-0.2, -0.15) is 5.10 Å². The first-order valence-electron chi connectivity index (χ1n) is 6.41. The number of aliphatic hydroxyl groups excluding tert-OH is 1. The van der Waals surface area contributed by atoms with Gasteiger partial charge in [0.25, 0.3) is 0 Å². The second kappa shape index (κ2) is 5.45. The standard InChI is InChI=1S/C15H20N2O2/c1-10(2)17-14(13(19-4)9-16-17)15(18)12-8-6-5-7-11(12)3/h5-10,15,18H,1-4H3. The van der Waals surface area contributed by atoms with Crippen molar-refractivity contribution < 1.29 is 9.84 Å². The minimum absolute atomic E-state index is 0.164. The van der Waals surface area contributed by atoms with Gasteiger partial charge in [-0.05, 0) is 31.9 Å². The van der Waals surface area contributed by atoms with Gasteiger partial charge in [-0.15, -0.1) is 0 Å². The molecule has 0 radical (unpaired) electrons. The molecule has 0 amide bonds. The molecule has 2 rings (SSSR count). The van der Waals surface area contributed by atoms with Crippen LogP contribution in [0.15, 0.2) is 30.5 Å². The van der Waals surface area contributed by atoms with Crippen LogP contribution in [-0.4, -0.2) is 22.0 Å². The molecule has 4 nitrogen and oxygen atoms in total. The molecule has 0 aliphatic rings. The molecule has 102 valence electrons. The highest BCUT2D eigenvalue weighted by Gasteiger charge is 2.23. The molecule has 0 saturated carbocycles. The van der Waals surface area contributed by atoms with Crippen LogP contribution in [0.4, 0.5) is 0 Å².